The molecule has 1 aromatic heterocycles. The van der Waals surface area contributed by atoms with Gasteiger partial charge in [0.25, 0.3) is 0 Å². The Morgan fingerprint density at radius 2 is 1.77 bits per heavy atom. The number of nitrogens with one attached hydrogen (secondary N) is 3. The summed E-state index contributed by atoms with van der Waals surface area (Å²) in [6.07, 6.45) is 0. The van der Waals surface area contributed by atoms with Gasteiger partial charge in [-0.15, -0.1) is 0 Å². The molecule has 1 aliphatic heterocycles. The van der Waals surface area contributed by atoms with Gasteiger partial charge in [-0.05, 0) is 41.5 Å². The van der Waals surface area contributed by atoms with Gasteiger partial charge in [0, 0.05) is 11.1 Å². The summed E-state index contributed by atoms with van der Waals surface area (Å²) in [4.78, 5) is 4.56. The van der Waals surface area contributed by atoms with E-state index in [0.717, 1.165) is 27.9 Å². The minimum Gasteiger partial charge on any atom is -0.369 e. The van der Waals surface area contributed by atoms with Gasteiger partial charge in [0.1, 0.15) is 12.4 Å². The van der Waals surface area contributed by atoms with Crippen LogP contribution in [0.4, 0.5) is 10.1 Å². The number of rotatable bonds is 6. The maximum absolute atomic E-state index is 13.3. The van der Waals surface area contributed by atoms with E-state index < -0.39 is 0 Å². The van der Waals surface area contributed by atoms with E-state index in [0.29, 0.717) is 24.9 Å². The largest absolute Gasteiger partial charge is 0.369 e. The summed E-state index contributed by atoms with van der Waals surface area (Å²) in [5, 5.41) is 7.29. The molecular formula is C23H20FN5O. The molecular weight excluding hydrogens is 381 g/mol. The molecule has 0 amide bonds. The third-order valence-electron chi connectivity index (χ3n) is 5.06. The van der Waals surface area contributed by atoms with E-state index >= 15 is 0 Å². The molecule has 150 valence electrons. The quantitative estimate of drug-likeness (QED) is 0.448. The zero-order chi connectivity index (χ0) is 20.3. The first kappa shape index (κ1) is 18.5. The highest BCUT2D eigenvalue weighted by Crippen LogP contribution is 2.35. The Kier molecular flexibility index (Phi) is 4.96. The topological polar surface area (TPSA) is 74.9 Å². The molecule has 5 rings (SSSR count). The van der Waals surface area contributed by atoms with Crippen molar-refractivity contribution in [3.8, 4) is 11.4 Å². The fourth-order valence-electron chi connectivity index (χ4n) is 3.53. The molecule has 4 aromatic rings. The molecule has 3 aromatic carbocycles. The van der Waals surface area contributed by atoms with Gasteiger partial charge in [0.15, 0.2) is 11.6 Å². The summed E-state index contributed by atoms with van der Waals surface area (Å²) in [6, 6.07) is 22.4. The van der Waals surface area contributed by atoms with Crippen molar-refractivity contribution in [2.75, 3.05) is 5.43 Å². The monoisotopic (exact) mass is 401 g/mol. The number of ether oxygens (including phenoxy) is 1. The fraction of sp³-hybridized carbons (Fsp3) is 0.130. The van der Waals surface area contributed by atoms with Crippen molar-refractivity contribution >= 4 is 5.69 Å². The second-order valence-electron chi connectivity index (χ2n) is 7.14. The van der Waals surface area contributed by atoms with Crippen LogP contribution in [0.25, 0.3) is 11.4 Å². The third-order valence-corrected chi connectivity index (χ3v) is 5.06. The molecule has 0 bridgehead atoms. The lowest BCUT2D eigenvalue weighted by molar-refractivity contribution is 0.102. The molecule has 6 nitrogen and oxygen atoms in total. The number of halogens is 1. The predicted molar refractivity (Wildman–Crippen MR) is 112 cm³/mol. The van der Waals surface area contributed by atoms with E-state index in [4.69, 9.17) is 4.74 Å². The molecule has 1 aliphatic rings. The summed E-state index contributed by atoms with van der Waals surface area (Å²) in [5.74, 6) is 1.04. The van der Waals surface area contributed by atoms with E-state index in [1.807, 2.05) is 48.5 Å². The van der Waals surface area contributed by atoms with E-state index in [1.54, 1.807) is 12.1 Å². The molecule has 0 radical (unpaired) electrons. The number of hydrazine groups is 1. The van der Waals surface area contributed by atoms with Crippen LogP contribution in [-0.2, 0) is 18.0 Å². The van der Waals surface area contributed by atoms with Crippen molar-refractivity contribution in [3.05, 3.63) is 101 Å². The van der Waals surface area contributed by atoms with E-state index in [-0.39, 0.29) is 11.9 Å². The molecule has 0 aliphatic carbocycles. The number of aromatic amines is 1. The molecule has 0 saturated carbocycles. The van der Waals surface area contributed by atoms with E-state index in [1.165, 1.54) is 12.1 Å². The van der Waals surface area contributed by atoms with Crippen molar-refractivity contribution in [1.29, 1.82) is 0 Å². The number of H-pyrrole nitrogens is 1. The van der Waals surface area contributed by atoms with Gasteiger partial charge in [-0.25, -0.2) is 14.8 Å². The number of hydrogen-bond acceptors (Lipinski definition) is 5. The summed E-state index contributed by atoms with van der Waals surface area (Å²) in [7, 11) is 0. The van der Waals surface area contributed by atoms with Crippen LogP contribution >= 0.6 is 0 Å². The highest BCUT2D eigenvalue weighted by atomic mass is 19.1. The van der Waals surface area contributed by atoms with Crippen molar-refractivity contribution in [1.82, 2.24) is 20.6 Å². The number of benzene rings is 3. The first-order valence-corrected chi connectivity index (χ1v) is 9.70. The Bertz CT molecular complexity index is 1140. The second-order valence-corrected chi connectivity index (χ2v) is 7.14. The molecule has 0 saturated heterocycles. The van der Waals surface area contributed by atoms with Crippen molar-refractivity contribution in [3.63, 3.8) is 0 Å². The molecule has 0 fully saturated rings. The SMILES string of the molecule is Fc1ccc(C2NNc3ccc(-c4n[nH]c(COCc5ccccc5)n4)cc32)cc1. The fourth-order valence-corrected chi connectivity index (χ4v) is 3.53. The lowest BCUT2D eigenvalue weighted by Gasteiger charge is -2.11. The number of hydrogen-bond donors (Lipinski definition) is 3. The average Bonchev–Trinajstić information content (AvgIpc) is 3.42. The van der Waals surface area contributed by atoms with Crippen LogP contribution in [-0.4, -0.2) is 15.2 Å². The third kappa shape index (κ3) is 3.80. The zero-order valence-electron chi connectivity index (χ0n) is 16.1. The predicted octanol–water partition coefficient (Wildman–Crippen LogP) is 4.35. The second kappa shape index (κ2) is 8.06. The number of aromatic nitrogens is 3. The number of anilines is 1. The lowest BCUT2D eigenvalue weighted by atomic mass is 9.97. The number of nitrogens with zero attached hydrogens (tertiary/aromatic N) is 2. The Hall–Kier alpha value is -3.55. The van der Waals surface area contributed by atoms with Gasteiger partial charge >= 0.3 is 0 Å². The maximum Gasteiger partial charge on any atom is 0.181 e. The van der Waals surface area contributed by atoms with E-state index in [9.17, 15) is 4.39 Å². The molecule has 2 heterocycles. The van der Waals surface area contributed by atoms with Crippen LogP contribution in [0, 0.1) is 5.82 Å². The van der Waals surface area contributed by atoms with Gasteiger partial charge in [0.05, 0.1) is 18.3 Å². The lowest BCUT2D eigenvalue weighted by Crippen LogP contribution is -2.19. The molecule has 0 spiro atoms. The van der Waals surface area contributed by atoms with Crippen molar-refractivity contribution in [2.45, 2.75) is 19.3 Å². The van der Waals surface area contributed by atoms with Crippen molar-refractivity contribution < 1.29 is 9.13 Å². The molecule has 30 heavy (non-hydrogen) atoms. The standard InChI is InChI=1S/C23H20FN5O/c24-18-9-6-16(7-10-18)22-19-12-17(8-11-20(19)26-28-22)23-25-21(27-29-23)14-30-13-15-4-2-1-3-5-15/h1-12,22,26,28H,13-14H2,(H,25,27,29). The highest BCUT2D eigenvalue weighted by Gasteiger charge is 2.24. The summed E-state index contributed by atoms with van der Waals surface area (Å²) < 4.78 is 19.0. The van der Waals surface area contributed by atoms with Crippen LogP contribution in [0.1, 0.15) is 28.6 Å². The van der Waals surface area contributed by atoms with Crippen LogP contribution in [0.15, 0.2) is 72.8 Å². The molecule has 3 N–H and O–H groups in total. The van der Waals surface area contributed by atoms with Gasteiger partial charge < -0.3 is 10.2 Å². The van der Waals surface area contributed by atoms with Crippen LogP contribution in [0.2, 0.25) is 0 Å². The average molecular weight is 401 g/mol. The Labute approximate surface area is 173 Å². The summed E-state index contributed by atoms with van der Waals surface area (Å²) >= 11 is 0. The Morgan fingerprint density at radius 1 is 0.933 bits per heavy atom. The number of fused-ring (bicyclic) bond motifs is 1. The maximum atomic E-state index is 13.3. The van der Waals surface area contributed by atoms with Crippen LogP contribution in [0.3, 0.4) is 0 Å². The first-order chi connectivity index (χ1) is 14.8. The van der Waals surface area contributed by atoms with Gasteiger partial charge in [-0.3, -0.25) is 5.10 Å². The van der Waals surface area contributed by atoms with Crippen LogP contribution < -0.4 is 10.9 Å². The molecule has 1 unspecified atom stereocenters. The van der Waals surface area contributed by atoms with Crippen molar-refractivity contribution in [2.24, 2.45) is 0 Å². The Morgan fingerprint density at radius 3 is 2.60 bits per heavy atom. The zero-order valence-corrected chi connectivity index (χ0v) is 16.1. The normalized spacial score (nSPS) is 15.0. The van der Waals surface area contributed by atoms with Gasteiger partial charge in [-0.1, -0.05) is 42.5 Å². The Balaban J connectivity index is 1.31. The molecule has 7 heteroatoms. The minimum absolute atomic E-state index is 0.0758. The first-order valence-electron chi connectivity index (χ1n) is 9.70. The molecule has 1 atom stereocenters. The van der Waals surface area contributed by atoms with Gasteiger partial charge in [-0.2, -0.15) is 5.10 Å². The highest BCUT2D eigenvalue weighted by molar-refractivity contribution is 5.67. The minimum atomic E-state index is -0.249. The smallest absolute Gasteiger partial charge is 0.181 e. The van der Waals surface area contributed by atoms with Crippen LogP contribution in [0.5, 0.6) is 0 Å². The summed E-state index contributed by atoms with van der Waals surface area (Å²) in [6.45, 7) is 0.876. The van der Waals surface area contributed by atoms with Gasteiger partial charge in [0.2, 0.25) is 0 Å². The van der Waals surface area contributed by atoms with E-state index in [2.05, 4.69) is 26.0 Å². The summed E-state index contributed by atoms with van der Waals surface area (Å²) in [5.41, 5.74) is 11.5.